The molecule has 3 rings (SSSR count). The van der Waals surface area contributed by atoms with Gasteiger partial charge in [0.05, 0.1) is 11.7 Å². The maximum Gasteiger partial charge on any atom is 0.264 e. The van der Waals surface area contributed by atoms with Crippen LogP contribution in [0, 0.1) is 0 Å². The maximum absolute atomic E-state index is 12.0. The molecule has 7 heteroatoms. The molecule has 0 saturated carbocycles. The summed E-state index contributed by atoms with van der Waals surface area (Å²) in [5.74, 6) is 0.524. The molecule has 2 N–H and O–H groups in total. The number of anilines is 2. The molecular formula is C14H18ClN3O3. The fourth-order valence-corrected chi connectivity index (χ4v) is 2.49. The second kappa shape index (κ2) is 6.32. The van der Waals surface area contributed by atoms with E-state index in [4.69, 9.17) is 4.74 Å². The molecule has 2 aliphatic heterocycles. The largest absolute Gasteiger partial charge is 0.482 e. The number of halogens is 1. The predicted octanol–water partition coefficient (Wildman–Crippen LogP) is 1.15. The first-order chi connectivity index (χ1) is 9.65. The number of carbonyl (C=O) groups excluding carboxylic acids is 2. The standard InChI is InChI=1S/C14H17N3O3.ClH/c1-17-11-7-9(4-5-12(11)20-8-13(17)18)16-14(19)10-3-2-6-15-10;/h4-5,7,10,15H,2-3,6,8H2,1H3,(H,16,19);1H. The predicted molar refractivity (Wildman–Crippen MR) is 82.2 cm³/mol. The van der Waals surface area contributed by atoms with Gasteiger partial charge in [-0.3, -0.25) is 9.59 Å². The first kappa shape index (κ1) is 15.6. The number of carbonyl (C=O) groups is 2. The van der Waals surface area contributed by atoms with Gasteiger partial charge in [0.2, 0.25) is 5.91 Å². The summed E-state index contributed by atoms with van der Waals surface area (Å²) >= 11 is 0. The molecule has 1 fully saturated rings. The third-order valence-corrected chi connectivity index (χ3v) is 3.69. The number of hydrogen-bond donors (Lipinski definition) is 2. The van der Waals surface area contributed by atoms with Gasteiger partial charge in [0.1, 0.15) is 5.75 Å². The monoisotopic (exact) mass is 311 g/mol. The van der Waals surface area contributed by atoms with E-state index in [1.165, 1.54) is 0 Å². The van der Waals surface area contributed by atoms with Crippen molar-refractivity contribution in [3.8, 4) is 5.75 Å². The summed E-state index contributed by atoms with van der Waals surface area (Å²) in [6, 6.07) is 5.20. The SMILES string of the molecule is CN1C(=O)COc2ccc(NC(=O)C3CCCN3)cc21.Cl. The molecule has 2 amide bonds. The summed E-state index contributed by atoms with van der Waals surface area (Å²) in [6.07, 6.45) is 1.88. The van der Waals surface area contributed by atoms with Crippen molar-refractivity contribution in [3.63, 3.8) is 0 Å². The van der Waals surface area contributed by atoms with Crippen LogP contribution in [0.5, 0.6) is 5.75 Å². The van der Waals surface area contributed by atoms with Gasteiger partial charge in [-0.2, -0.15) is 0 Å². The van der Waals surface area contributed by atoms with Crippen molar-refractivity contribution < 1.29 is 14.3 Å². The van der Waals surface area contributed by atoms with Gasteiger partial charge in [-0.15, -0.1) is 12.4 Å². The van der Waals surface area contributed by atoms with E-state index in [9.17, 15) is 9.59 Å². The first-order valence-electron chi connectivity index (χ1n) is 6.73. The Balaban J connectivity index is 0.00000161. The van der Waals surface area contributed by atoms with Crippen LogP contribution in [-0.4, -0.2) is 38.1 Å². The van der Waals surface area contributed by atoms with Gasteiger partial charge in [0.15, 0.2) is 6.61 Å². The summed E-state index contributed by atoms with van der Waals surface area (Å²) in [6.45, 7) is 0.939. The molecular weight excluding hydrogens is 294 g/mol. The molecule has 114 valence electrons. The number of ether oxygens (including phenoxy) is 1. The van der Waals surface area contributed by atoms with E-state index in [2.05, 4.69) is 10.6 Å². The molecule has 1 atom stereocenters. The van der Waals surface area contributed by atoms with Crippen molar-refractivity contribution in [1.29, 1.82) is 0 Å². The fourth-order valence-electron chi connectivity index (χ4n) is 2.49. The van der Waals surface area contributed by atoms with E-state index in [1.807, 2.05) is 0 Å². The van der Waals surface area contributed by atoms with Crippen molar-refractivity contribution in [2.24, 2.45) is 0 Å². The minimum atomic E-state index is -0.123. The topological polar surface area (TPSA) is 70.7 Å². The smallest absolute Gasteiger partial charge is 0.264 e. The van der Waals surface area contributed by atoms with E-state index in [0.717, 1.165) is 19.4 Å². The Morgan fingerprint density at radius 3 is 3.00 bits per heavy atom. The average Bonchev–Trinajstić information content (AvgIpc) is 2.98. The van der Waals surface area contributed by atoms with Crippen LogP contribution in [0.15, 0.2) is 18.2 Å². The van der Waals surface area contributed by atoms with Crippen LogP contribution in [0.4, 0.5) is 11.4 Å². The van der Waals surface area contributed by atoms with Gasteiger partial charge in [-0.05, 0) is 37.6 Å². The van der Waals surface area contributed by atoms with Crippen LogP contribution in [-0.2, 0) is 9.59 Å². The van der Waals surface area contributed by atoms with Gasteiger partial charge < -0.3 is 20.3 Å². The Labute approximate surface area is 129 Å². The Morgan fingerprint density at radius 1 is 1.48 bits per heavy atom. The highest BCUT2D eigenvalue weighted by molar-refractivity contribution is 6.00. The van der Waals surface area contributed by atoms with Gasteiger partial charge in [-0.25, -0.2) is 0 Å². The zero-order valence-corrected chi connectivity index (χ0v) is 12.5. The number of rotatable bonds is 2. The molecule has 0 bridgehead atoms. The molecule has 21 heavy (non-hydrogen) atoms. The van der Waals surface area contributed by atoms with Gasteiger partial charge >= 0.3 is 0 Å². The molecule has 1 unspecified atom stereocenters. The second-order valence-corrected chi connectivity index (χ2v) is 5.06. The van der Waals surface area contributed by atoms with Crippen LogP contribution >= 0.6 is 12.4 Å². The zero-order chi connectivity index (χ0) is 14.1. The van der Waals surface area contributed by atoms with Crippen LogP contribution in [0.2, 0.25) is 0 Å². The minimum absolute atomic E-state index is 0. The van der Waals surface area contributed by atoms with E-state index >= 15 is 0 Å². The van der Waals surface area contributed by atoms with E-state index in [-0.39, 0.29) is 36.9 Å². The molecule has 1 aromatic rings. The molecule has 2 aliphatic rings. The average molecular weight is 312 g/mol. The third kappa shape index (κ3) is 3.11. The van der Waals surface area contributed by atoms with Crippen molar-refractivity contribution in [2.75, 3.05) is 30.4 Å². The Kier molecular flexibility index (Phi) is 4.69. The number of amides is 2. The van der Waals surface area contributed by atoms with Crippen molar-refractivity contribution in [1.82, 2.24) is 5.32 Å². The minimum Gasteiger partial charge on any atom is -0.482 e. The Morgan fingerprint density at radius 2 is 2.29 bits per heavy atom. The first-order valence-corrected chi connectivity index (χ1v) is 6.73. The maximum atomic E-state index is 12.0. The summed E-state index contributed by atoms with van der Waals surface area (Å²) in [5.41, 5.74) is 1.35. The summed E-state index contributed by atoms with van der Waals surface area (Å²) in [7, 11) is 1.70. The quantitative estimate of drug-likeness (QED) is 0.859. The van der Waals surface area contributed by atoms with E-state index in [0.29, 0.717) is 17.1 Å². The summed E-state index contributed by atoms with van der Waals surface area (Å²) < 4.78 is 5.35. The molecule has 0 aliphatic carbocycles. The molecule has 0 radical (unpaired) electrons. The number of likely N-dealkylation sites (N-methyl/N-ethyl adjacent to an activating group) is 1. The highest BCUT2D eigenvalue weighted by Crippen LogP contribution is 2.33. The molecule has 1 saturated heterocycles. The lowest BCUT2D eigenvalue weighted by atomic mass is 10.2. The number of nitrogens with one attached hydrogen (secondary N) is 2. The third-order valence-electron chi connectivity index (χ3n) is 3.69. The van der Waals surface area contributed by atoms with Crippen molar-refractivity contribution in [2.45, 2.75) is 18.9 Å². The van der Waals surface area contributed by atoms with E-state index in [1.54, 1.807) is 30.1 Å². The number of nitrogens with zero attached hydrogens (tertiary/aromatic N) is 1. The molecule has 2 heterocycles. The molecule has 0 aromatic heterocycles. The summed E-state index contributed by atoms with van der Waals surface area (Å²) in [5, 5.41) is 6.03. The lowest BCUT2D eigenvalue weighted by Crippen LogP contribution is -2.36. The number of hydrogen-bond acceptors (Lipinski definition) is 4. The van der Waals surface area contributed by atoms with Gasteiger partial charge in [0, 0.05) is 12.7 Å². The van der Waals surface area contributed by atoms with Crippen LogP contribution in [0.1, 0.15) is 12.8 Å². The van der Waals surface area contributed by atoms with Crippen molar-refractivity contribution >= 4 is 35.6 Å². The highest BCUT2D eigenvalue weighted by Gasteiger charge is 2.24. The lowest BCUT2D eigenvalue weighted by molar-refractivity contribution is -0.121. The Hall–Kier alpha value is -1.79. The van der Waals surface area contributed by atoms with Gasteiger partial charge in [-0.1, -0.05) is 0 Å². The molecule has 6 nitrogen and oxygen atoms in total. The number of fused-ring (bicyclic) bond motifs is 1. The Bertz CT molecular complexity index is 558. The lowest BCUT2D eigenvalue weighted by Gasteiger charge is -2.26. The van der Waals surface area contributed by atoms with Crippen LogP contribution < -0.4 is 20.3 Å². The zero-order valence-electron chi connectivity index (χ0n) is 11.7. The molecule has 0 spiro atoms. The van der Waals surface area contributed by atoms with Crippen LogP contribution in [0.25, 0.3) is 0 Å². The number of benzene rings is 1. The fraction of sp³-hybridized carbons (Fsp3) is 0.429. The highest BCUT2D eigenvalue weighted by atomic mass is 35.5. The molecule has 1 aromatic carbocycles. The van der Waals surface area contributed by atoms with Crippen LogP contribution in [0.3, 0.4) is 0 Å². The van der Waals surface area contributed by atoms with E-state index < -0.39 is 0 Å². The normalized spacial score (nSPS) is 20.3. The van der Waals surface area contributed by atoms with Crippen molar-refractivity contribution in [3.05, 3.63) is 18.2 Å². The second-order valence-electron chi connectivity index (χ2n) is 5.06. The van der Waals surface area contributed by atoms with Gasteiger partial charge in [0.25, 0.3) is 5.91 Å². The summed E-state index contributed by atoms with van der Waals surface area (Å²) in [4.78, 5) is 25.2.